The second kappa shape index (κ2) is 6.97. The summed E-state index contributed by atoms with van der Waals surface area (Å²) in [5, 5.41) is 4.85. The summed E-state index contributed by atoms with van der Waals surface area (Å²) in [5.74, 6) is 2.29. The number of benzene rings is 2. The van der Waals surface area contributed by atoms with Gasteiger partial charge in [0.15, 0.2) is 10.3 Å². The number of hydrogen-bond donors (Lipinski definition) is 1. The molecule has 0 bridgehead atoms. The first kappa shape index (κ1) is 16.9. The van der Waals surface area contributed by atoms with Crippen LogP contribution in [0.2, 0.25) is 0 Å². The smallest absolute Gasteiger partial charge is 0.190 e. The average molecular weight is 387 g/mol. The molecular formula is C18H17N3O3S2. The lowest BCUT2D eigenvalue weighted by atomic mass is 10.3. The van der Waals surface area contributed by atoms with Crippen molar-refractivity contribution >= 4 is 53.4 Å². The summed E-state index contributed by atoms with van der Waals surface area (Å²) in [7, 11) is 3.27. The summed E-state index contributed by atoms with van der Waals surface area (Å²) >= 11 is 3.10. The van der Waals surface area contributed by atoms with Gasteiger partial charge in [-0.3, -0.25) is 0 Å². The average Bonchev–Trinajstić information content (AvgIpc) is 3.23. The predicted octanol–water partition coefficient (Wildman–Crippen LogP) is 5.07. The Hall–Kier alpha value is -2.58. The first-order chi connectivity index (χ1) is 12.7. The van der Waals surface area contributed by atoms with Crippen molar-refractivity contribution in [1.82, 2.24) is 9.97 Å². The fourth-order valence-corrected chi connectivity index (χ4v) is 4.48. The van der Waals surface area contributed by atoms with E-state index in [2.05, 4.69) is 15.3 Å². The number of methoxy groups -OCH3 is 2. The minimum Gasteiger partial charge on any atom is -0.497 e. The topological polar surface area (TPSA) is 65.5 Å². The van der Waals surface area contributed by atoms with Gasteiger partial charge in [0.2, 0.25) is 0 Å². The number of rotatable bonds is 6. The number of nitrogens with zero attached hydrogens (tertiary/aromatic N) is 2. The Morgan fingerprint density at radius 3 is 2.46 bits per heavy atom. The molecule has 2 heterocycles. The van der Waals surface area contributed by atoms with Crippen LogP contribution in [0.25, 0.3) is 20.4 Å². The lowest BCUT2D eigenvalue weighted by Crippen LogP contribution is -1.90. The molecule has 6 nitrogen and oxygen atoms in total. The van der Waals surface area contributed by atoms with Crippen molar-refractivity contribution in [2.24, 2.45) is 0 Å². The van der Waals surface area contributed by atoms with Gasteiger partial charge < -0.3 is 19.5 Å². The van der Waals surface area contributed by atoms with Crippen molar-refractivity contribution < 1.29 is 14.2 Å². The minimum atomic E-state index is 0.645. The van der Waals surface area contributed by atoms with E-state index in [0.29, 0.717) is 12.4 Å². The standard InChI is InChI=1S/C18H17N3O3S2/c1-4-24-10-5-6-12-14(8-10)25-17(19-12)21-18-20-16-13(23-3)7-11(22-2)9-15(16)26-18/h5-9H,4H2,1-3H3,(H,19,20,21). The number of fused-ring (bicyclic) bond motifs is 2. The van der Waals surface area contributed by atoms with Gasteiger partial charge in [-0.1, -0.05) is 22.7 Å². The molecule has 0 aliphatic rings. The first-order valence-corrected chi connectivity index (χ1v) is 9.66. The van der Waals surface area contributed by atoms with E-state index < -0.39 is 0 Å². The van der Waals surface area contributed by atoms with Crippen molar-refractivity contribution in [1.29, 1.82) is 0 Å². The molecule has 0 aliphatic carbocycles. The molecule has 8 heteroatoms. The van der Waals surface area contributed by atoms with Crippen LogP contribution in [-0.4, -0.2) is 30.8 Å². The maximum atomic E-state index is 5.55. The molecule has 4 aromatic rings. The van der Waals surface area contributed by atoms with Crippen LogP contribution in [0.1, 0.15) is 6.92 Å². The van der Waals surface area contributed by atoms with Gasteiger partial charge in [-0.25, -0.2) is 9.97 Å². The van der Waals surface area contributed by atoms with Gasteiger partial charge in [0.25, 0.3) is 0 Å². The highest BCUT2D eigenvalue weighted by Crippen LogP contribution is 2.38. The Morgan fingerprint density at radius 2 is 1.69 bits per heavy atom. The first-order valence-electron chi connectivity index (χ1n) is 8.03. The third kappa shape index (κ3) is 3.13. The molecule has 0 saturated carbocycles. The maximum Gasteiger partial charge on any atom is 0.190 e. The van der Waals surface area contributed by atoms with E-state index in [1.807, 2.05) is 37.3 Å². The molecule has 0 spiro atoms. The number of aromatic nitrogens is 2. The Morgan fingerprint density at radius 1 is 0.923 bits per heavy atom. The molecule has 0 atom stereocenters. The number of hydrogen-bond acceptors (Lipinski definition) is 8. The number of ether oxygens (including phenoxy) is 3. The molecular weight excluding hydrogens is 370 g/mol. The molecule has 2 aromatic heterocycles. The van der Waals surface area contributed by atoms with Gasteiger partial charge >= 0.3 is 0 Å². The van der Waals surface area contributed by atoms with E-state index >= 15 is 0 Å². The quantitative estimate of drug-likeness (QED) is 0.498. The highest BCUT2D eigenvalue weighted by atomic mass is 32.1. The third-order valence-electron chi connectivity index (χ3n) is 3.77. The summed E-state index contributed by atoms with van der Waals surface area (Å²) in [6, 6.07) is 9.69. The van der Waals surface area contributed by atoms with Gasteiger partial charge in [-0.05, 0) is 31.2 Å². The van der Waals surface area contributed by atoms with E-state index in [-0.39, 0.29) is 0 Å². The zero-order valence-corrected chi connectivity index (χ0v) is 16.2. The van der Waals surface area contributed by atoms with Crippen LogP contribution in [0.4, 0.5) is 10.3 Å². The largest absolute Gasteiger partial charge is 0.497 e. The summed E-state index contributed by atoms with van der Waals surface area (Å²) in [5.41, 5.74) is 1.74. The number of nitrogens with one attached hydrogen (secondary N) is 1. The number of thiazole rings is 2. The van der Waals surface area contributed by atoms with E-state index in [0.717, 1.165) is 42.2 Å². The lowest BCUT2D eigenvalue weighted by molar-refractivity contribution is 0.341. The van der Waals surface area contributed by atoms with Crippen molar-refractivity contribution in [3.63, 3.8) is 0 Å². The fraction of sp³-hybridized carbons (Fsp3) is 0.222. The Bertz CT molecular complexity index is 1070. The Balaban J connectivity index is 1.67. The SMILES string of the molecule is CCOc1ccc2nc(Nc3nc4c(OC)cc(OC)cc4s3)sc2c1. The summed E-state index contributed by atoms with van der Waals surface area (Å²) in [6.45, 7) is 2.62. The zero-order chi connectivity index (χ0) is 18.1. The molecule has 26 heavy (non-hydrogen) atoms. The summed E-state index contributed by atoms with van der Waals surface area (Å²) in [6.07, 6.45) is 0. The van der Waals surface area contributed by atoms with Crippen molar-refractivity contribution in [2.45, 2.75) is 6.92 Å². The summed E-state index contributed by atoms with van der Waals surface area (Å²) in [4.78, 5) is 9.26. The Labute approximate surface area is 158 Å². The van der Waals surface area contributed by atoms with Crippen LogP contribution >= 0.6 is 22.7 Å². The predicted molar refractivity (Wildman–Crippen MR) is 107 cm³/mol. The monoisotopic (exact) mass is 387 g/mol. The molecule has 2 aromatic carbocycles. The van der Waals surface area contributed by atoms with E-state index in [4.69, 9.17) is 14.2 Å². The van der Waals surface area contributed by atoms with Crippen LogP contribution in [-0.2, 0) is 0 Å². The van der Waals surface area contributed by atoms with E-state index in [1.54, 1.807) is 25.6 Å². The molecule has 0 saturated heterocycles. The number of anilines is 2. The van der Waals surface area contributed by atoms with Gasteiger partial charge in [-0.2, -0.15) is 0 Å². The molecule has 0 radical (unpaired) electrons. The van der Waals surface area contributed by atoms with E-state index in [1.165, 1.54) is 11.3 Å². The van der Waals surface area contributed by atoms with Crippen LogP contribution in [0.15, 0.2) is 30.3 Å². The van der Waals surface area contributed by atoms with Crippen molar-refractivity contribution in [3.8, 4) is 17.2 Å². The van der Waals surface area contributed by atoms with Crippen molar-refractivity contribution in [2.75, 3.05) is 26.1 Å². The molecule has 4 rings (SSSR count). The normalized spacial score (nSPS) is 11.0. The van der Waals surface area contributed by atoms with Crippen molar-refractivity contribution in [3.05, 3.63) is 30.3 Å². The highest BCUT2D eigenvalue weighted by molar-refractivity contribution is 7.24. The van der Waals surface area contributed by atoms with Gasteiger partial charge in [0.1, 0.15) is 22.8 Å². The summed E-state index contributed by atoms with van der Waals surface area (Å²) < 4.78 is 18.4. The molecule has 0 unspecified atom stereocenters. The van der Waals surface area contributed by atoms with Crippen LogP contribution in [0.3, 0.4) is 0 Å². The lowest BCUT2D eigenvalue weighted by Gasteiger charge is -2.03. The van der Waals surface area contributed by atoms with E-state index in [9.17, 15) is 0 Å². The third-order valence-corrected chi connectivity index (χ3v) is 5.63. The van der Waals surface area contributed by atoms with Gasteiger partial charge in [0, 0.05) is 6.07 Å². The minimum absolute atomic E-state index is 0.645. The molecule has 0 fully saturated rings. The molecule has 1 N–H and O–H groups in total. The zero-order valence-electron chi connectivity index (χ0n) is 14.5. The van der Waals surface area contributed by atoms with Crippen LogP contribution < -0.4 is 19.5 Å². The van der Waals surface area contributed by atoms with Gasteiger partial charge in [0.05, 0.1) is 35.7 Å². The molecule has 0 aliphatic heterocycles. The molecule has 134 valence electrons. The molecule has 0 amide bonds. The second-order valence-corrected chi connectivity index (χ2v) is 7.46. The maximum absolute atomic E-state index is 5.55. The van der Waals surface area contributed by atoms with Crippen LogP contribution in [0, 0.1) is 0 Å². The fourth-order valence-electron chi connectivity index (χ4n) is 2.61. The Kier molecular flexibility index (Phi) is 4.52. The van der Waals surface area contributed by atoms with Crippen LogP contribution in [0.5, 0.6) is 17.2 Å². The highest BCUT2D eigenvalue weighted by Gasteiger charge is 2.13. The second-order valence-electron chi connectivity index (χ2n) is 5.40. The van der Waals surface area contributed by atoms with Gasteiger partial charge in [-0.15, -0.1) is 0 Å².